The van der Waals surface area contributed by atoms with Crippen LogP contribution in [0.5, 0.6) is 0 Å². The summed E-state index contributed by atoms with van der Waals surface area (Å²) >= 11 is 0. The van der Waals surface area contributed by atoms with Gasteiger partial charge in [0.15, 0.2) is 0 Å². The molecule has 1 saturated heterocycles. The summed E-state index contributed by atoms with van der Waals surface area (Å²) in [5.74, 6) is 0.370. The van der Waals surface area contributed by atoms with E-state index in [1.165, 1.54) is 5.56 Å². The van der Waals surface area contributed by atoms with E-state index in [9.17, 15) is 10.1 Å². The van der Waals surface area contributed by atoms with Gasteiger partial charge in [-0.25, -0.2) is 9.97 Å². The van der Waals surface area contributed by atoms with Crippen LogP contribution in [-0.2, 0) is 23.3 Å². The summed E-state index contributed by atoms with van der Waals surface area (Å²) in [7, 11) is 0. The molecule has 0 atom stereocenters. The third kappa shape index (κ3) is 4.00. The standard InChI is InChI=1S/C28H34N6O/c1-19(2)32-12-10-28(11-13-32)22-8-6-7-9-23(22)33(26(28)35)17-21-14-20-16-30-24(15-29)31-25(20)34(21)18-27(3,4)5/h6-9,14,16,19H,10-13,17-18H2,1-5H3. The highest BCUT2D eigenvalue weighted by Gasteiger charge is 2.52. The zero-order valence-electron chi connectivity index (χ0n) is 21.4. The van der Waals surface area contributed by atoms with E-state index in [-0.39, 0.29) is 17.1 Å². The van der Waals surface area contributed by atoms with Gasteiger partial charge >= 0.3 is 0 Å². The number of fused-ring (bicyclic) bond motifs is 3. The topological polar surface area (TPSA) is 78.1 Å². The minimum atomic E-state index is -0.448. The molecule has 1 aromatic carbocycles. The van der Waals surface area contributed by atoms with E-state index in [1.807, 2.05) is 11.0 Å². The molecular weight excluding hydrogens is 436 g/mol. The van der Waals surface area contributed by atoms with Crippen LogP contribution in [0.4, 0.5) is 5.69 Å². The van der Waals surface area contributed by atoms with Gasteiger partial charge in [-0.2, -0.15) is 5.26 Å². The first-order valence-corrected chi connectivity index (χ1v) is 12.5. The van der Waals surface area contributed by atoms with Crippen LogP contribution in [0.15, 0.2) is 36.5 Å². The lowest BCUT2D eigenvalue weighted by atomic mass is 9.73. The van der Waals surface area contributed by atoms with Crippen LogP contribution in [-0.4, -0.2) is 44.5 Å². The minimum absolute atomic E-state index is 0.00369. The number of benzene rings is 1. The zero-order valence-corrected chi connectivity index (χ0v) is 21.4. The molecule has 35 heavy (non-hydrogen) atoms. The number of hydrogen-bond donors (Lipinski definition) is 0. The molecule has 0 unspecified atom stereocenters. The van der Waals surface area contributed by atoms with Crippen LogP contribution < -0.4 is 4.90 Å². The summed E-state index contributed by atoms with van der Waals surface area (Å²) in [5, 5.41) is 10.2. The van der Waals surface area contributed by atoms with E-state index in [4.69, 9.17) is 0 Å². The molecule has 0 bridgehead atoms. The average Bonchev–Trinajstić information content (AvgIpc) is 3.26. The van der Waals surface area contributed by atoms with Gasteiger partial charge in [-0.15, -0.1) is 0 Å². The number of hydrogen-bond acceptors (Lipinski definition) is 5. The van der Waals surface area contributed by atoms with Gasteiger partial charge in [-0.1, -0.05) is 39.0 Å². The quantitative estimate of drug-likeness (QED) is 0.555. The molecule has 0 aliphatic carbocycles. The van der Waals surface area contributed by atoms with Crippen LogP contribution in [0.3, 0.4) is 0 Å². The zero-order chi connectivity index (χ0) is 25.0. The molecule has 2 aromatic heterocycles. The van der Waals surface area contributed by atoms with Gasteiger partial charge in [0.05, 0.1) is 12.0 Å². The molecule has 5 rings (SSSR count). The number of para-hydroxylation sites is 1. The molecule has 0 N–H and O–H groups in total. The van der Waals surface area contributed by atoms with E-state index in [1.54, 1.807) is 6.20 Å². The second-order valence-corrected chi connectivity index (χ2v) is 11.5. The van der Waals surface area contributed by atoms with Crippen molar-refractivity contribution in [1.29, 1.82) is 5.26 Å². The van der Waals surface area contributed by atoms with Gasteiger partial charge in [-0.3, -0.25) is 4.79 Å². The number of rotatable bonds is 4. The maximum Gasteiger partial charge on any atom is 0.238 e. The molecule has 2 aliphatic rings. The molecule has 4 heterocycles. The normalized spacial score (nSPS) is 18.0. The number of nitrogens with zero attached hydrogens (tertiary/aromatic N) is 6. The summed E-state index contributed by atoms with van der Waals surface area (Å²) in [6, 6.07) is 12.9. The number of anilines is 1. The van der Waals surface area contributed by atoms with Crippen LogP contribution in [0.25, 0.3) is 11.0 Å². The Morgan fingerprint density at radius 2 is 1.89 bits per heavy atom. The first-order chi connectivity index (χ1) is 16.6. The van der Waals surface area contributed by atoms with Crippen LogP contribution in [0, 0.1) is 16.7 Å². The average molecular weight is 471 g/mol. The van der Waals surface area contributed by atoms with Crippen molar-refractivity contribution < 1.29 is 4.79 Å². The molecule has 3 aromatic rings. The first kappa shape index (κ1) is 23.5. The smallest absolute Gasteiger partial charge is 0.238 e. The maximum atomic E-state index is 14.2. The molecule has 0 radical (unpaired) electrons. The monoisotopic (exact) mass is 470 g/mol. The predicted molar refractivity (Wildman–Crippen MR) is 137 cm³/mol. The van der Waals surface area contributed by atoms with Crippen molar-refractivity contribution >= 4 is 22.6 Å². The lowest BCUT2D eigenvalue weighted by molar-refractivity contribution is -0.125. The lowest BCUT2D eigenvalue weighted by Crippen LogP contribution is -2.50. The summed E-state index contributed by atoms with van der Waals surface area (Å²) in [5.41, 5.74) is 3.50. The van der Waals surface area contributed by atoms with Crippen molar-refractivity contribution in [2.24, 2.45) is 5.41 Å². The van der Waals surface area contributed by atoms with Gasteiger partial charge in [0.2, 0.25) is 11.7 Å². The van der Waals surface area contributed by atoms with Gasteiger partial charge in [-0.05, 0) is 62.9 Å². The molecule has 1 amide bonds. The fraction of sp³-hybridized carbons (Fsp3) is 0.500. The Balaban J connectivity index is 1.55. The molecule has 1 fully saturated rings. The number of nitriles is 1. The summed E-state index contributed by atoms with van der Waals surface area (Å²) in [6.45, 7) is 14.1. The van der Waals surface area contributed by atoms with Crippen molar-refractivity contribution in [2.75, 3.05) is 18.0 Å². The van der Waals surface area contributed by atoms with E-state index >= 15 is 0 Å². The van der Waals surface area contributed by atoms with Crippen LogP contribution in [0.2, 0.25) is 0 Å². The summed E-state index contributed by atoms with van der Waals surface area (Å²) in [6.07, 6.45) is 3.41. The van der Waals surface area contributed by atoms with Crippen molar-refractivity contribution in [2.45, 2.75) is 72.0 Å². The molecule has 1 spiro atoms. The number of likely N-dealkylation sites (tertiary alicyclic amines) is 1. The highest BCUT2D eigenvalue weighted by atomic mass is 16.2. The van der Waals surface area contributed by atoms with E-state index in [0.29, 0.717) is 12.6 Å². The molecular formula is C28H34N6O. The second kappa shape index (κ2) is 8.46. The summed E-state index contributed by atoms with van der Waals surface area (Å²) in [4.78, 5) is 27.3. The molecule has 0 saturated carbocycles. The third-order valence-corrected chi connectivity index (χ3v) is 7.52. The molecule has 2 aliphatic heterocycles. The highest BCUT2D eigenvalue weighted by Crippen LogP contribution is 2.48. The third-order valence-electron chi connectivity index (χ3n) is 7.52. The number of aromatic nitrogens is 3. The van der Waals surface area contributed by atoms with E-state index < -0.39 is 5.41 Å². The maximum absolute atomic E-state index is 14.2. The van der Waals surface area contributed by atoms with Crippen molar-refractivity contribution in [3.63, 3.8) is 0 Å². The largest absolute Gasteiger partial charge is 0.327 e. The highest BCUT2D eigenvalue weighted by molar-refractivity contribution is 6.08. The first-order valence-electron chi connectivity index (χ1n) is 12.5. The molecule has 7 nitrogen and oxygen atoms in total. The number of piperidine rings is 1. The number of carbonyl (C=O) groups is 1. The molecule has 7 heteroatoms. The fourth-order valence-electron chi connectivity index (χ4n) is 5.75. The summed E-state index contributed by atoms with van der Waals surface area (Å²) < 4.78 is 2.17. The number of amides is 1. The Morgan fingerprint density at radius 1 is 1.17 bits per heavy atom. The minimum Gasteiger partial charge on any atom is -0.327 e. The lowest BCUT2D eigenvalue weighted by Gasteiger charge is -2.40. The van der Waals surface area contributed by atoms with Crippen molar-refractivity contribution in [1.82, 2.24) is 19.4 Å². The van der Waals surface area contributed by atoms with Crippen molar-refractivity contribution in [3.8, 4) is 6.07 Å². The predicted octanol–water partition coefficient (Wildman–Crippen LogP) is 4.64. The molecule has 182 valence electrons. The van der Waals surface area contributed by atoms with Crippen LogP contribution in [0.1, 0.15) is 64.5 Å². The Kier molecular flexibility index (Phi) is 5.68. The van der Waals surface area contributed by atoms with Crippen molar-refractivity contribution in [3.05, 3.63) is 53.6 Å². The Bertz CT molecular complexity index is 1320. The Labute approximate surface area is 207 Å². The number of carbonyl (C=O) groups excluding carboxylic acids is 1. The SMILES string of the molecule is CC(C)N1CCC2(CC1)C(=O)N(Cc1cc3cnc(C#N)nc3n1CC(C)(C)C)c1ccccc12. The van der Waals surface area contributed by atoms with Crippen LogP contribution >= 0.6 is 0 Å². The Hall–Kier alpha value is -3.24. The second-order valence-electron chi connectivity index (χ2n) is 11.5. The van der Waals surface area contributed by atoms with Gasteiger partial charge < -0.3 is 14.4 Å². The fourth-order valence-corrected chi connectivity index (χ4v) is 5.75. The van der Waals surface area contributed by atoms with Gasteiger partial charge in [0.1, 0.15) is 11.7 Å². The van der Waals surface area contributed by atoms with Gasteiger partial charge in [0.25, 0.3) is 0 Å². The van der Waals surface area contributed by atoms with Gasteiger partial charge in [0, 0.05) is 35.6 Å². The van der Waals surface area contributed by atoms with E-state index in [0.717, 1.165) is 54.9 Å². The Morgan fingerprint density at radius 3 is 2.54 bits per heavy atom. The van der Waals surface area contributed by atoms with E-state index in [2.05, 4.69) is 84.4 Å².